The van der Waals surface area contributed by atoms with Crippen LogP contribution in [0.25, 0.3) is 72.3 Å². The Balaban J connectivity index is 1.14. The lowest BCUT2D eigenvalue weighted by atomic mass is 10.1. The minimum Gasteiger partial charge on any atom is -0.344 e. The summed E-state index contributed by atoms with van der Waals surface area (Å²) in [6.07, 6.45) is -0.300. The van der Waals surface area contributed by atoms with Gasteiger partial charge < -0.3 is 9.88 Å². The zero-order valence-electron chi connectivity index (χ0n) is 33.0. The number of hydrogen-bond acceptors (Lipinski definition) is 4. The Bertz CT molecular complexity index is 3470. The van der Waals surface area contributed by atoms with E-state index in [4.69, 9.17) is 15.0 Å². The van der Waals surface area contributed by atoms with Crippen molar-refractivity contribution in [2.45, 2.75) is 6.17 Å². The summed E-state index contributed by atoms with van der Waals surface area (Å²) in [4.78, 5) is 15.8. The van der Waals surface area contributed by atoms with Crippen molar-refractivity contribution < 1.29 is 0 Å². The predicted molar refractivity (Wildman–Crippen MR) is 250 cm³/mol. The summed E-state index contributed by atoms with van der Waals surface area (Å²) in [6.45, 7) is 0. The number of aliphatic imine (C=N–C) groups is 2. The Hall–Kier alpha value is -8.29. The fraction of sp³-hybridized carbons (Fsp3) is 0.0185. The molecular formula is C54H37N7. The maximum absolute atomic E-state index is 5.56. The average molecular weight is 784 g/mol. The highest BCUT2D eigenvalue weighted by Crippen LogP contribution is 2.43. The molecule has 0 bridgehead atoms. The number of hydrogen-bond donors (Lipinski definition) is 1. The lowest BCUT2D eigenvalue weighted by Crippen LogP contribution is -2.33. The van der Waals surface area contributed by atoms with Gasteiger partial charge in [-0.2, -0.15) is 0 Å². The molecule has 8 aromatic carbocycles. The van der Waals surface area contributed by atoms with Crippen LogP contribution in [0.1, 0.15) is 22.9 Å². The van der Waals surface area contributed by atoms with Gasteiger partial charge in [0.05, 0.1) is 16.6 Å². The van der Waals surface area contributed by atoms with E-state index in [1.54, 1.807) is 0 Å². The van der Waals surface area contributed by atoms with Crippen molar-refractivity contribution in [2.75, 3.05) is 0 Å². The van der Waals surface area contributed by atoms with E-state index in [9.17, 15) is 0 Å². The van der Waals surface area contributed by atoms with E-state index in [1.807, 2.05) is 24.3 Å². The van der Waals surface area contributed by atoms with E-state index in [0.717, 1.165) is 89.5 Å². The Labute approximate surface area is 351 Å². The number of rotatable bonds is 7. The lowest BCUT2D eigenvalue weighted by molar-refractivity contribution is 0.674. The second-order valence-corrected chi connectivity index (χ2v) is 15.3. The largest absolute Gasteiger partial charge is 0.344 e. The van der Waals surface area contributed by atoms with Crippen LogP contribution >= 0.6 is 0 Å². The summed E-state index contributed by atoms with van der Waals surface area (Å²) in [7, 11) is 0. The van der Waals surface area contributed by atoms with Crippen LogP contribution in [-0.4, -0.2) is 30.4 Å². The summed E-state index contributed by atoms with van der Waals surface area (Å²) < 4.78 is 7.11. The zero-order valence-corrected chi connectivity index (χ0v) is 33.0. The molecule has 0 spiro atoms. The van der Waals surface area contributed by atoms with Crippen LogP contribution in [0.3, 0.4) is 0 Å². The van der Waals surface area contributed by atoms with Crippen LogP contribution in [-0.2, 0) is 0 Å². The molecule has 1 atom stereocenters. The molecule has 288 valence electrons. The van der Waals surface area contributed by atoms with Crippen LogP contribution in [0.4, 0.5) is 0 Å². The van der Waals surface area contributed by atoms with Gasteiger partial charge in [0.1, 0.15) is 23.3 Å². The van der Waals surface area contributed by atoms with E-state index in [2.05, 4.69) is 207 Å². The summed E-state index contributed by atoms with van der Waals surface area (Å²) in [5, 5.41) is 7.13. The van der Waals surface area contributed by atoms with Crippen molar-refractivity contribution in [2.24, 2.45) is 9.98 Å². The van der Waals surface area contributed by atoms with Gasteiger partial charge in [0, 0.05) is 49.9 Å². The average Bonchev–Trinajstić information content (AvgIpc) is 4.00. The number of amidine groups is 2. The van der Waals surface area contributed by atoms with Crippen LogP contribution in [0.2, 0.25) is 0 Å². The number of benzene rings is 8. The van der Waals surface area contributed by atoms with Crippen LogP contribution in [0.15, 0.2) is 222 Å². The third kappa shape index (κ3) is 5.70. The van der Waals surface area contributed by atoms with Gasteiger partial charge in [-0.3, -0.25) is 9.13 Å². The first kappa shape index (κ1) is 34.7. The Morgan fingerprint density at radius 1 is 0.410 bits per heavy atom. The molecule has 0 amide bonds. The summed E-state index contributed by atoms with van der Waals surface area (Å²) in [5.74, 6) is 2.36. The fourth-order valence-electron chi connectivity index (χ4n) is 8.99. The summed E-state index contributed by atoms with van der Waals surface area (Å²) in [5.41, 5.74) is 12.4. The first-order chi connectivity index (χ1) is 30.3. The molecule has 3 aromatic heterocycles. The first-order valence-electron chi connectivity index (χ1n) is 20.6. The molecule has 1 aliphatic heterocycles. The van der Waals surface area contributed by atoms with E-state index in [-0.39, 0.29) is 6.17 Å². The van der Waals surface area contributed by atoms with Gasteiger partial charge in [-0.1, -0.05) is 164 Å². The maximum atomic E-state index is 5.56. The Morgan fingerprint density at radius 2 is 0.967 bits per heavy atom. The molecule has 0 aliphatic carbocycles. The van der Waals surface area contributed by atoms with E-state index < -0.39 is 0 Å². The SMILES string of the molecule is c1ccc(C2=NC(c3ccccc3)NC(c3cccc(-n4c5ccccc5c5ccc6c7c(nc(-c8ccccc8)n7-c7ccccc7)n(-c7ccccc7)c6c54)c3)=N2)cc1. The second kappa shape index (κ2) is 14.2. The normalized spacial score (nSPS) is 14.1. The number of para-hydroxylation sites is 3. The van der Waals surface area contributed by atoms with E-state index in [1.165, 1.54) is 5.39 Å². The highest BCUT2D eigenvalue weighted by Gasteiger charge is 2.27. The summed E-state index contributed by atoms with van der Waals surface area (Å²) in [6, 6.07) is 74.3. The van der Waals surface area contributed by atoms with Gasteiger partial charge in [0.25, 0.3) is 0 Å². The quantitative estimate of drug-likeness (QED) is 0.175. The number of nitrogens with one attached hydrogen (secondary N) is 1. The molecule has 61 heavy (non-hydrogen) atoms. The van der Waals surface area contributed by atoms with Gasteiger partial charge in [0.15, 0.2) is 11.5 Å². The monoisotopic (exact) mass is 783 g/mol. The van der Waals surface area contributed by atoms with Gasteiger partial charge >= 0.3 is 0 Å². The minimum atomic E-state index is -0.300. The summed E-state index contributed by atoms with van der Waals surface area (Å²) >= 11 is 0. The molecule has 0 radical (unpaired) electrons. The zero-order chi connectivity index (χ0) is 40.3. The van der Waals surface area contributed by atoms with Crippen LogP contribution < -0.4 is 5.32 Å². The number of nitrogens with zero attached hydrogens (tertiary/aromatic N) is 6. The minimum absolute atomic E-state index is 0.300. The van der Waals surface area contributed by atoms with Gasteiger partial charge in [-0.15, -0.1) is 0 Å². The second-order valence-electron chi connectivity index (χ2n) is 15.3. The van der Waals surface area contributed by atoms with Crippen molar-refractivity contribution in [1.29, 1.82) is 0 Å². The maximum Gasteiger partial charge on any atom is 0.165 e. The van der Waals surface area contributed by atoms with Crippen molar-refractivity contribution in [3.63, 3.8) is 0 Å². The Kier molecular flexibility index (Phi) is 8.09. The smallest absolute Gasteiger partial charge is 0.165 e. The third-order valence-electron chi connectivity index (χ3n) is 11.7. The van der Waals surface area contributed by atoms with Crippen molar-refractivity contribution >= 4 is 55.5 Å². The molecule has 0 fully saturated rings. The molecule has 1 unspecified atom stereocenters. The first-order valence-corrected chi connectivity index (χ1v) is 20.6. The highest BCUT2D eigenvalue weighted by atomic mass is 15.2. The number of aromatic nitrogens is 4. The molecule has 7 heteroatoms. The van der Waals surface area contributed by atoms with E-state index in [0.29, 0.717) is 5.84 Å². The van der Waals surface area contributed by atoms with Crippen molar-refractivity contribution in [1.82, 2.24) is 24.0 Å². The molecule has 12 rings (SSSR count). The standard InChI is InChI=1S/C54H37N7/c1-6-19-36(20-7-1)50-55-51(37-21-8-2-9-22-37)57-52(56-50)39-25-18-30-42(35-39)59-46-32-17-16-31-43(46)44-33-34-45-48(47(44)59)60(40-26-12-4-13-27-40)54-49(45)61(41-28-14-5-15-29-41)53(58-54)38-23-10-3-11-24-38/h1-35,50H,(H,55,56,57). The molecule has 11 aromatic rings. The number of imidazole rings is 1. The molecule has 1 N–H and O–H groups in total. The van der Waals surface area contributed by atoms with Gasteiger partial charge in [-0.25, -0.2) is 15.0 Å². The van der Waals surface area contributed by atoms with Crippen molar-refractivity contribution in [3.8, 4) is 28.5 Å². The molecule has 0 saturated carbocycles. The molecule has 4 heterocycles. The molecule has 0 saturated heterocycles. The third-order valence-corrected chi connectivity index (χ3v) is 11.7. The van der Waals surface area contributed by atoms with Crippen LogP contribution in [0.5, 0.6) is 0 Å². The topological polar surface area (TPSA) is 64.4 Å². The lowest BCUT2D eigenvalue weighted by Gasteiger charge is -2.24. The molecule has 7 nitrogen and oxygen atoms in total. The Morgan fingerprint density at radius 3 is 1.69 bits per heavy atom. The number of fused-ring (bicyclic) bond motifs is 7. The van der Waals surface area contributed by atoms with Gasteiger partial charge in [-0.05, 0) is 54.1 Å². The van der Waals surface area contributed by atoms with Crippen LogP contribution in [0, 0.1) is 0 Å². The van der Waals surface area contributed by atoms with Crippen molar-refractivity contribution in [3.05, 3.63) is 229 Å². The van der Waals surface area contributed by atoms with E-state index >= 15 is 0 Å². The van der Waals surface area contributed by atoms with Gasteiger partial charge in [0.2, 0.25) is 0 Å². The molecule has 1 aliphatic rings. The highest BCUT2D eigenvalue weighted by molar-refractivity contribution is 6.23. The molecular weight excluding hydrogens is 747 g/mol. The fourth-order valence-corrected chi connectivity index (χ4v) is 8.99. The predicted octanol–water partition coefficient (Wildman–Crippen LogP) is 12.2.